The third-order valence-corrected chi connectivity index (χ3v) is 4.26. The van der Waals surface area contributed by atoms with Crippen LogP contribution >= 0.6 is 11.8 Å². The number of methoxy groups -OCH3 is 1. The van der Waals surface area contributed by atoms with Gasteiger partial charge in [0.15, 0.2) is 0 Å². The molecule has 7 heteroatoms. The van der Waals surface area contributed by atoms with Gasteiger partial charge in [0.05, 0.1) is 12.8 Å². The summed E-state index contributed by atoms with van der Waals surface area (Å²) in [5.41, 5.74) is 0.937. The number of tetrazole rings is 1. The molecule has 0 fully saturated rings. The first kappa shape index (κ1) is 15.5. The van der Waals surface area contributed by atoms with E-state index >= 15 is 0 Å². The van der Waals surface area contributed by atoms with Crippen LogP contribution in [0.15, 0.2) is 35.5 Å². The number of rotatable bonds is 7. The SMILES string of the molecule is COC(=O)CC[C@H](C)CSc1nnnn1-c1ccccc1. The standard InChI is InChI=1S/C14H18N4O2S/c1-11(8-9-13(19)20-2)10-21-14-15-16-17-18(14)12-6-4-3-5-7-12/h3-7,11H,8-10H2,1-2H3/t11-/m0/s1. The molecular weight excluding hydrogens is 288 g/mol. The van der Waals surface area contributed by atoms with Crippen molar-refractivity contribution in [3.63, 3.8) is 0 Å². The first-order valence-electron chi connectivity index (χ1n) is 6.74. The molecule has 0 spiro atoms. The van der Waals surface area contributed by atoms with Gasteiger partial charge in [-0.25, -0.2) is 0 Å². The first-order chi connectivity index (χ1) is 10.2. The molecule has 2 aromatic rings. The third-order valence-electron chi connectivity index (χ3n) is 3.01. The van der Waals surface area contributed by atoms with E-state index in [-0.39, 0.29) is 5.97 Å². The fourth-order valence-corrected chi connectivity index (χ4v) is 2.73. The van der Waals surface area contributed by atoms with Gasteiger partial charge in [-0.1, -0.05) is 36.9 Å². The van der Waals surface area contributed by atoms with Gasteiger partial charge in [-0.15, -0.1) is 5.10 Å². The summed E-state index contributed by atoms with van der Waals surface area (Å²) in [6, 6.07) is 9.77. The second-order valence-corrected chi connectivity index (χ2v) is 5.73. The first-order valence-corrected chi connectivity index (χ1v) is 7.72. The van der Waals surface area contributed by atoms with Crippen molar-refractivity contribution in [2.75, 3.05) is 12.9 Å². The van der Waals surface area contributed by atoms with Crippen LogP contribution in [0, 0.1) is 5.92 Å². The molecule has 0 aliphatic heterocycles. The predicted octanol–water partition coefficient (Wildman–Crippen LogP) is 2.34. The lowest BCUT2D eigenvalue weighted by molar-refractivity contribution is -0.140. The molecule has 21 heavy (non-hydrogen) atoms. The van der Waals surface area contributed by atoms with E-state index in [1.807, 2.05) is 30.3 Å². The fraction of sp³-hybridized carbons (Fsp3) is 0.429. The molecule has 0 saturated heterocycles. The van der Waals surface area contributed by atoms with Crippen molar-refractivity contribution in [3.05, 3.63) is 30.3 Å². The Bertz CT molecular complexity index is 573. The number of carbonyl (C=O) groups is 1. The topological polar surface area (TPSA) is 69.9 Å². The van der Waals surface area contributed by atoms with Gasteiger partial charge in [0.25, 0.3) is 0 Å². The molecule has 0 amide bonds. The van der Waals surface area contributed by atoms with E-state index in [0.29, 0.717) is 12.3 Å². The summed E-state index contributed by atoms with van der Waals surface area (Å²) in [6.45, 7) is 2.10. The van der Waals surface area contributed by atoms with Crippen LogP contribution in [-0.2, 0) is 9.53 Å². The van der Waals surface area contributed by atoms with E-state index in [9.17, 15) is 4.79 Å². The van der Waals surface area contributed by atoms with Crippen LogP contribution in [0.4, 0.5) is 0 Å². The lowest BCUT2D eigenvalue weighted by atomic mass is 10.1. The maximum atomic E-state index is 11.1. The van der Waals surface area contributed by atoms with E-state index in [1.54, 1.807) is 16.4 Å². The van der Waals surface area contributed by atoms with E-state index in [1.165, 1.54) is 7.11 Å². The molecule has 1 atom stereocenters. The Morgan fingerprint density at radius 1 is 1.38 bits per heavy atom. The minimum Gasteiger partial charge on any atom is -0.469 e. The second-order valence-electron chi connectivity index (χ2n) is 4.74. The summed E-state index contributed by atoms with van der Waals surface area (Å²) >= 11 is 1.59. The Morgan fingerprint density at radius 2 is 2.14 bits per heavy atom. The molecule has 6 nitrogen and oxygen atoms in total. The molecule has 2 rings (SSSR count). The number of ether oxygens (including phenoxy) is 1. The average molecular weight is 306 g/mol. The lowest BCUT2D eigenvalue weighted by Gasteiger charge is -2.09. The number of hydrogen-bond donors (Lipinski definition) is 0. The summed E-state index contributed by atoms with van der Waals surface area (Å²) in [5.74, 6) is 1.07. The number of aromatic nitrogens is 4. The van der Waals surface area contributed by atoms with Crippen LogP contribution in [0.3, 0.4) is 0 Å². The van der Waals surface area contributed by atoms with Gasteiger partial charge in [-0.3, -0.25) is 4.79 Å². The van der Waals surface area contributed by atoms with Crippen LogP contribution in [0.25, 0.3) is 5.69 Å². The lowest BCUT2D eigenvalue weighted by Crippen LogP contribution is -2.06. The van der Waals surface area contributed by atoms with Gasteiger partial charge < -0.3 is 4.74 Å². The zero-order valence-corrected chi connectivity index (χ0v) is 12.9. The molecule has 0 radical (unpaired) electrons. The number of benzene rings is 1. The molecule has 0 N–H and O–H groups in total. The Kier molecular flexibility index (Phi) is 5.74. The minimum absolute atomic E-state index is 0.166. The molecule has 0 saturated carbocycles. The van der Waals surface area contributed by atoms with Crippen LogP contribution in [0.5, 0.6) is 0 Å². The smallest absolute Gasteiger partial charge is 0.305 e. The zero-order valence-electron chi connectivity index (χ0n) is 12.1. The van der Waals surface area contributed by atoms with E-state index < -0.39 is 0 Å². The van der Waals surface area contributed by atoms with Gasteiger partial charge in [-0.05, 0) is 34.9 Å². The van der Waals surface area contributed by atoms with Gasteiger partial charge in [0.2, 0.25) is 5.16 Å². The van der Waals surface area contributed by atoms with Crippen LogP contribution < -0.4 is 0 Å². The molecule has 0 unspecified atom stereocenters. The van der Waals surface area contributed by atoms with Crippen LogP contribution in [-0.4, -0.2) is 39.0 Å². The van der Waals surface area contributed by atoms with Gasteiger partial charge in [0, 0.05) is 12.2 Å². The Balaban J connectivity index is 1.90. The summed E-state index contributed by atoms with van der Waals surface area (Å²) in [5, 5.41) is 12.5. The maximum absolute atomic E-state index is 11.1. The van der Waals surface area contributed by atoms with Crippen molar-refractivity contribution >= 4 is 17.7 Å². The number of thioether (sulfide) groups is 1. The highest BCUT2D eigenvalue weighted by Gasteiger charge is 2.12. The summed E-state index contributed by atoms with van der Waals surface area (Å²) in [6.07, 6.45) is 1.24. The molecule has 0 aliphatic rings. The van der Waals surface area contributed by atoms with Crippen molar-refractivity contribution in [2.45, 2.75) is 24.9 Å². The Hall–Kier alpha value is -1.89. The number of nitrogens with zero attached hydrogens (tertiary/aromatic N) is 4. The number of esters is 1. The minimum atomic E-state index is -0.166. The van der Waals surface area contributed by atoms with Gasteiger partial charge in [-0.2, -0.15) is 4.68 Å². The number of para-hydroxylation sites is 1. The normalized spacial score (nSPS) is 12.1. The van der Waals surface area contributed by atoms with Gasteiger partial charge in [0.1, 0.15) is 0 Å². The van der Waals surface area contributed by atoms with Crippen molar-refractivity contribution in [1.82, 2.24) is 20.2 Å². The highest BCUT2D eigenvalue weighted by atomic mass is 32.2. The zero-order chi connectivity index (χ0) is 15.1. The molecule has 0 aliphatic carbocycles. The van der Waals surface area contributed by atoms with E-state index in [2.05, 4.69) is 27.2 Å². The third kappa shape index (κ3) is 4.56. The van der Waals surface area contributed by atoms with Gasteiger partial charge >= 0.3 is 5.97 Å². The maximum Gasteiger partial charge on any atom is 0.305 e. The van der Waals surface area contributed by atoms with Crippen molar-refractivity contribution in [3.8, 4) is 5.69 Å². The van der Waals surface area contributed by atoms with Crippen molar-refractivity contribution in [2.24, 2.45) is 5.92 Å². The average Bonchev–Trinajstić information content (AvgIpc) is 2.99. The highest BCUT2D eigenvalue weighted by Crippen LogP contribution is 2.22. The molecule has 0 bridgehead atoms. The Labute approximate surface area is 127 Å². The largest absolute Gasteiger partial charge is 0.469 e. The Morgan fingerprint density at radius 3 is 2.86 bits per heavy atom. The summed E-state index contributed by atoms with van der Waals surface area (Å²) in [7, 11) is 1.41. The molecule has 112 valence electrons. The number of hydrogen-bond acceptors (Lipinski definition) is 6. The molecule has 1 aromatic carbocycles. The van der Waals surface area contributed by atoms with Crippen molar-refractivity contribution in [1.29, 1.82) is 0 Å². The molecule has 1 heterocycles. The predicted molar refractivity (Wildman–Crippen MR) is 80.3 cm³/mol. The summed E-state index contributed by atoms with van der Waals surface area (Å²) in [4.78, 5) is 11.1. The van der Waals surface area contributed by atoms with Crippen LogP contribution in [0.1, 0.15) is 19.8 Å². The fourth-order valence-electron chi connectivity index (χ4n) is 1.77. The highest BCUT2D eigenvalue weighted by molar-refractivity contribution is 7.99. The molecular formula is C14H18N4O2S. The van der Waals surface area contributed by atoms with E-state index in [4.69, 9.17) is 0 Å². The summed E-state index contributed by atoms with van der Waals surface area (Å²) < 4.78 is 6.37. The van der Waals surface area contributed by atoms with E-state index in [0.717, 1.165) is 23.0 Å². The monoisotopic (exact) mass is 306 g/mol. The molecule has 1 aromatic heterocycles. The van der Waals surface area contributed by atoms with Crippen LogP contribution in [0.2, 0.25) is 0 Å². The number of carbonyl (C=O) groups excluding carboxylic acids is 1. The van der Waals surface area contributed by atoms with Crippen molar-refractivity contribution < 1.29 is 9.53 Å². The second kappa shape index (κ2) is 7.78. The quantitative estimate of drug-likeness (QED) is 0.577.